The minimum absolute atomic E-state index is 0.0149. The minimum atomic E-state index is -2.24. The number of hydrogen-bond donors (Lipinski definition) is 2. The van der Waals surface area contributed by atoms with Crippen LogP contribution in [-0.4, -0.2) is 95.6 Å². The Hall–Kier alpha value is -4.95. The molecule has 2 N–H and O–H groups in total. The molecule has 1 saturated heterocycles. The molecule has 14 heteroatoms. The maximum absolute atomic E-state index is 13.9. The van der Waals surface area contributed by atoms with Crippen molar-refractivity contribution in [1.82, 2.24) is 4.90 Å². The largest absolute Gasteiger partial charge is 0.493 e. The van der Waals surface area contributed by atoms with Crippen LogP contribution in [0.2, 0.25) is 0 Å². The summed E-state index contributed by atoms with van der Waals surface area (Å²) in [6.45, 7) is 2.51. The number of hydrogen-bond acceptors (Lipinski definition) is 13. The minimum Gasteiger partial charge on any atom is -0.493 e. The van der Waals surface area contributed by atoms with Crippen LogP contribution in [0, 0.1) is 0 Å². The molecule has 2 aliphatic heterocycles. The number of carbonyl (C=O) groups is 5. The van der Waals surface area contributed by atoms with Crippen LogP contribution in [0.5, 0.6) is 11.5 Å². The number of benzene rings is 2. The van der Waals surface area contributed by atoms with Crippen LogP contribution in [0.4, 0.5) is 0 Å². The smallest absolute Gasteiger partial charge is 0.357 e. The van der Waals surface area contributed by atoms with Crippen molar-refractivity contribution < 1.29 is 62.6 Å². The number of carboxylic acid groups (broad SMARTS) is 1. The molecule has 2 aromatic carbocycles. The number of esters is 4. The summed E-state index contributed by atoms with van der Waals surface area (Å²) in [5.74, 6) is -5.58. The summed E-state index contributed by atoms with van der Waals surface area (Å²) in [5.41, 5.74) is -0.528. The third-order valence-corrected chi connectivity index (χ3v) is 9.66. The number of nitrogens with zero attached hydrogens (tertiary/aromatic N) is 1. The number of piperidine rings is 1. The van der Waals surface area contributed by atoms with Gasteiger partial charge in [-0.25, -0.2) is 14.4 Å². The van der Waals surface area contributed by atoms with Gasteiger partial charge in [-0.2, -0.15) is 0 Å². The first-order chi connectivity index (χ1) is 22.8. The first kappa shape index (κ1) is 33.0. The second-order valence-electron chi connectivity index (χ2n) is 12.3. The van der Waals surface area contributed by atoms with Gasteiger partial charge >= 0.3 is 29.8 Å². The highest BCUT2D eigenvalue weighted by Gasteiger charge is 2.72. The topological polar surface area (TPSA) is 184 Å². The second kappa shape index (κ2) is 12.3. The van der Waals surface area contributed by atoms with Crippen LogP contribution in [0.3, 0.4) is 0 Å². The summed E-state index contributed by atoms with van der Waals surface area (Å²) >= 11 is 0. The van der Waals surface area contributed by atoms with Gasteiger partial charge in [-0.3, -0.25) is 9.59 Å². The molecule has 7 atom stereocenters. The van der Waals surface area contributed by atoms with Crippen LogP contribution in [0.1, 0.15) is 49.5 Å². The molecule has 1 spiro atoms. The van der Waals surface area contributed by atoms with Gasteiger partial charge in [0, 0.05) is 37.4 Å². The van der Waals surface area contributed by atoms with Crippen molar-refractivity contribution in [2.75, 3.05) is 20.7 Å². The summed E-state index contributed by atoms with van der Waals surface area (Å²) < 4.78 is 33.4. The van der Waals surface area contributed by atoms with Crippen molar-refractivity contribution in [2.24, 2.45) is 0 Å². The monoisotopic (exact) mass is 665 g/mol. The molecule has 2 heterocycles. The van der Waals surface area contributed by atoms with Gasteiger partial charge in [-0.15, -0.1) is 0 Å². The lowest BCUT2D eigenvalue weighted by molar-refractivity contribution is -0.195. The number of aliphatic carboxylic acids is 1. The molecular weight excluding hydrogens is 630 g/mol. The van der Waals surface area contributed by atoms with Gasteiger partial charge in [0.1, 0.15) is 5.76 Å². The van der Waals surface area contributed by atoms with E-state index in [1.807, 2.05) is 13.1 Å². The van der Waals surface area contributed by atoms with Crippen molar-refractivity contribution >= 4 is 29.8 Å². The predicted molar refractivity (Wildman–Crippen MR) is 162 cm³/mol. The third-order valence-electron chi connectivity index (χ3n) is 9.66. The molecule has 2 aliphatic carbocycles. The fraction of sp³-hybridized carbons (Fsp3) is 0.441. The van der Waals surface area contributed by atoms with Crippen molar-refractivity contribution in [3.63, 3.8) is 0 Å². The van der Waals surface area contributed by atoms with Crippen LogP contribution < -0.4 is 9.47 Å². The highest BCUT2D eigenvalue weighted by molar-refractivity contribution is 5.90. The Labute approximate surface area is 275 Å². The summed E-state index contributed by atoms with van der Waals surface area (Å²) in [4.78, 5) is 65.8. The average molecular weight is 666 g/mol. The molecule has 0 amide bonds. The number of ether oxygens (including phenoxy) is 6. The zero-order chi connectivity index (χ0) is 34.5. The summed E-state index contributed by atoms with van der Waals surface area (Å²) in [5, 5.41) is 22.2. The maximum atomic E-state index is 13.9. The van der Waals surface area contributed by atoms with E-state index in [0.717, 1.165) is 25.0 Å². The van der Waals surface area contributed by atoms with Crippen molar-refractivity contribution in [3.05, 3.63) is 71.0 Å². The number of carbonyl (C=O) groups excluding carboxylic acids is 4. The molecule has 0 aromatic heterocycles. The quantitative estimate of drug-likeness (QED) is 0.276. The molecule has 0 saturated carbocycles. The van der Waals surface area contributed by atoms with E-state index in [1.165, 1.54) is 37.5 Å². The third kappa shape index (κ3) is 5.15. The lowest BCUT2D eigenvalue weighted by atomic mass is 9.50. The Balaban J connectivity index is 1.35. The Morgan fingerprint density at radius 3 is 2.25 bits per heavy atom. The standard InChI is InChI=1S/C34H35NO13/c1-17(36)44-27(28(45-18(2)37)32(41)48-25(30(38)39)19-8-6-5-7-9-19)31(40)46-22-12-13-34(42)23-16-20-10-11-21(43-4)26-24(20)33(34,29(22)47-26)14-15-35(23)3/h5-12,23,25,27-29,42H,13-16H2,1-4H3,(H,38,39)/t23-,25+,27-,28-,29+,33+,34-/m1/s1. The molecule has 254 valence electrons. The van der Waals surface area contributed by atoms with E-state index >= 15 is 0 Å². The number of likely N-dealkylation sites (tertiary alicyclic amines) is 1. The fourth-order valence-electron chi connectivity index (χ4n) is 7.66. The van der Waals surface area contributed by atoms with E-state index in [2.05, 4.69) is 4.90 Å². The van der Waals surface area contributed by atoms with Gasteiger partial charge < -0.3 is 43.5 Å². The summed E-state index contributed by atoms with van der Waals surface area (Å²) in [7, 11) is 3.44. The number of methoxy groups -OCH3 is 1. The van der Waals surface area contributed by atoms with Gasteiger partial charge in [0.05, 0.1) is 18.1 Å². The molecule has 6 rings (SSSR count). The van der Waals surface area contributed by atoms with Crippen molar-refractivity contribution in [2.45, 2.75) is 74.6 Å². The molecule has 1 fully saturated rings. The maximum Gasteiger partial charge on any atom is 0.357 e. The van der Waals surface area contributed by atoms with E-state index in [9.17, 15) is 34.2 Å². The highest BCUT2D eigenvalue weighted by Crippen LogP contribution is 2.65. The fourth-order valence-corrected chi connectivity index (χ4v) is 7.66. The van der Waals surface area contributed by atoms with Gasteiger partial charge in [0.2, 0.25) is 18.3 Å². The second-order valence-corrected chi connectivity index (χ2v) is 12.3. The number of carboxylic acids is 1. The molecule has 14 nitrogen and oxygen atoms in total. The predicted octanol–water partition coefficient (Wildman–Crippen LogP) is 1.75. The Kier molecular flexibility index (Phi) is 8.42. The molecule has 48 heavy (non-hydrogen) atoms. The zero-order valence-corrected chi connectivity index (χ0v) is 26.7. The van der Waals surface area contributed by atoms with E-state index in [4.69, 9.17) is 28.4 Å². The van der Waals surface area contributed by atoms with Gasteiger partial charge in [0.15, 0.2) is 17.6 Å². The van der Waals surface area contributed by atoms with E-state index in [0.29, 0.717) is 30.9 Å². The van der Waals surface area contributed by atoms with Crippen LogP contribution in [0.15, 0.2) is 54.3 Å². The van der Waals surface area contributed by atoms with E-state index in [1.54, 1.807) is 12.1 Å². The lowest BCUT2D eigenvalue weighted by Gasteiger charge is -2.61. The lowest BCUT2D eigenvalue weighted by Crippen LogP contribution is -2.74. The van der Waals surface area contributed by atoms with Gasteiger partial charge in [-0.05, 0) is 44.1 Å². The molecule has 0 unspecified atom stereocenters. The molecule has 0 radical (unpaired) electrons. The number of likely N-dealkylation sites (N-methyl/N-ethyl adjacent to an activating group) is 1. The first-order valence-electron chi connectivity index (χ1n) is 15.4. The molecule has 2 aromatic rings. The summed E-state index contributed by atoms with van der Waals surface area (Å²) in [6, 6.07) is 10.9. The summed E-state index contributed by atoms with van der Waals surface area (Å²) in [6.07, 6.45) is -4.71. The highest BCUT2D eigenvalue weighted by atomic mass is 16.6. The van der Waals surface area contributed by atoms with Crippen LogP contribution >= 0.6 is 0 Å². The van der Waals surface area contributed by atoms with Crippen LogP contribution in [0.25, 0.3) is 0 Å². The van der Waals surface area contributed by atoms with E-state index < -0.39 is 65.3 Å². The van der Waals surface area contributed by atoms with Crippen molar-refractivity contribution in [3.8, 4) is 11.5 Å². The number of rotatable bonds is 10. The average Bonchev–Trinajstić information content (AvgIpc) is 3.40. The number of aliphatic hydroxyl groups is 1. The van der Waals surface area contributed by atoms with Crippen molar-refractivity contribution in [1.29, 1.82) is 0 Å². The molecular formula is C34H35NO13. The van der Waals surface area contributed by atoms with Gasteiger partial charge in [0.25, 0.3) is 0 Å². The normalized spacial score (nSPS) is 26.7. The van der Waals surface area contributed by atoms with Crippen LogP contribution in [-0.2, 0) is 54.8 Å². The molecule has 4 aliphatic rings. The Bertz CT molecular complexity index is 1710. The first-order valence-corrected chi connectivity index (χ1v) is 15.4. The molecule has 2 bridgehead atoms. The van der Waals surface area contributed by atoms with Gasteiger partial charge in [-0.1, -0.05) is 36.4 Å². The van der Waals surface area contributed by atoms with E-state index in [-0.39, 0.29) is 23.8 Å². The zero-order valence-electron chi connectivity index (χ0n) is 26.7. The SMILES string of the molecule is COc1ccc2c3c1O[C@H]1C(OC(=O)[C@H](OC(C)=O)[C@@H](OC(C)=O)C(=O)O[C@H](C(=O)O)c4ccccc4)=CC[C@@]4(O)[C@@H](C2)N(C)CC[C@]314. The Morgan fingerprint density at radius 2 is 1.62 bits per heavy atom. The Morgan fingerprint density at radius 1 is 0.958 bits per heavy atom.